The van der Waals surface area contributed by atoms with Crippen LogP contribution in [0.3, 0.4) is 0 Å². The average molecular weight is 394 g/mol. The minimum Gasteiger partial charge on any atom is -0.440 e. The Balaban J connectivity index is 1.34. The van der Waals surface area contributed by atoms with Crippen molar-refractivity contribution in [3.8, 4) is 0 Å². The van der Waals surface area contributed by atoms with Gasteiger partial charge in [0.25, 0.3) is 5.91 Å². The van der Waals surface area contributed by atoms with Gasteiger partial charge in [-0.15, -0.1) is 11.3 Å². The Morgan fingerprint density at radius 1 is 1.18 bits per heavy atom. The Labute approximate surface area is 165 Å². The third-order valence-corrected chi connectivity index (χ3v) is 6.78. The monoisotopic (exact) mass is 394 g/mol. The molecule has 6 heteroatoms. The second-order valence-electron chi connectivity index (χ2n) is 7.26. The van der Waals surface area contributed by atoms with Crippen molar-refractivity contribution in [2.75, 3.05) is 13.1 Å². The van der Waals surface area contributed by atoms with E-state index in [2.05, 4.69) is 4.98 Å². The average Bonchev–Trinajstić information content (AvgIpc) is 3.30. The lowest BCUT2D eigenvalue weighted by Crippen LogP contribution is -2.37. The summed E-state index contributed by atoms with van der Waals surface area (Å²) in [6.07, 6.45) is 1.63. The summed E-state index contributed by atoms with van der Waals surface area (Å²) in [5, 5.41) is 0.567. The zero-order chi connectivity index (χ0) is 19.3. The van der Waals surface area contributed by atoms with Gasteiger partial charge in [0.1, 0.15) is 11.3 Å². The van der Waals surface area contributed by atoms with Gasteiger partial charge in [0, 0.05) is 29.1 Å². The van der Waals surface area contributed by atoms with E-state index < -0.39 is 0 Å². The van der Waals surface area contributed by atoms with Crippen LogP contribution in [0.5, 0.6) is 0 Å². The molecule has 1 saturated heterocycles. The number of carbonyl (C=O) groups excluding carboxylic acids is 1. The molecule has 4 nitrogen and oxygen atoms in total. The van der Waals surface area contributed by atoms with Gasteiger partial charge < -0.3 is 9.32 Å². The fourth-order valence-corrected chi connectivity index (χ4v) is 5.19. The molecule has 2 aromatic heterocycles. The summed E-state index contributed by atoms with van der Waals surface area (Å²) in [7, 11) is 0. The van der Waals surface area contributed by atoms with E-state index in [9.17, 15) is 9.18 Å². The van der Waals surface area contributed by atoms with E-state index in [1.54, 1.807) is 6.07 Å². The Bertz CT molecular complexity index is 1150. The molecule has 0 radical (unpaired) electrons. The molecular weight excluding hydrogens is 375 g/mol. The number of aromatic nitrogens is 1. The first-order valence-electron chi connectivity index (χ1n) is 9.44. The molecule has 1 amide bonds. The van der Waals surface area contributed by atoms with E-state index >= 15 is 0 Å². The van der Waals surface area contributed by atoms with Crippen molar-refractivity contribution < 1.29 is 13.6 Å². The third-order valence-electron chi connectivity index (χ3n) is 5.54. The van der Waals surface area contributed by atoms with Crippen molar-refractivity contribution in [1.29, 1.82) is 0 Å². The molecule has 1 aliphatic heterocycles. The number of aryl methyl sites for hydroxylation is 1. The number of hydrogen-bond donors (Lipinski definition) is 0. The van der Waals surface area contributed by atoms with Gasteiger partial charge in [-0.2, -0.15) is 0 Å². The summed E-state index contributed by atoms with van der Waals surface area (Å²) in [5.41, 5.74) is 2.42. The van der Waals surface area contributed by atoms with E-state index in [0.717, 1.165) is 40.1 Å². The Morgan fingerprint density at radius 2 is 1.96 bits per heavy atom. The summed E-state index contributed by atoms with van der Waals surface area (Å²) < 4.78 is 20.9. The molecule has 0 atom stereocenters. The number of nitrogens with zero attached hydrogens (tertiary/aromatic N) is 2. The van der Waals surface area contributed by atoms with Gasteiger partial charge in [-0.05, 0) is 49.6 Å². The predicted octanol–water partition coefficient (Wildman–Crippen LogP) is 5.51. The molecule has 0 aliphatic carbocycles. The maximum absolute atomic E-state index is 14.2. The third kappa shape index (κ3) is 2.79. The van der Waals surface area contributed by atoms with Crippen LogP contribution < -0.4 is 0 Å². The zero-order valence-corrected chi connectivity index (χ0v) is 16.3. The smallest absolute Gasteiger partial charge is 0.264 e. The van der Waals surface area contributed by atoms with Gasteiger partial charge in [0.05, 0.1) is 4.88 Å². The number of carbonyl (C=O) groups is 1. The molecule has 2 aromatic carbocycles. The molecule has 4 aromatic rings. The Morgan fingerprint density at radius 3 is 2.71 bits per heavy atom. The number of fused-ring (bicyclic) bond motifs is 2. The molecular formula is C22H19FN2O2S. The van der Waals surface area contributed by atoms with Crippen molar-refractivity contribution in [3.63, 3.8) is 0 Å². The highest BCUT2D eigenvalue weighted by Crippen LogP contribution is 2.35. The highest BCUT2D eigenvalue weighted by molar-refractivity contribution is 7.21. The van der Waals surface area contributed by atoms with Crippen LogP contribution >= 0.6 is 11.3 Å². The summed E-state index contributed by atoms with van der Waals surface area (Å²) in [5.74, 6) is 0.708. The number of likely N-dealkylation sites (tertiary alicyclic amines) is 1. The topological polar surface area (TPSA) is 46.3 Å². The van der Waals surface area contributed by atoms with E-state index in [1.165, 1.54) is 17.4 Å². The maximum Gasteiger partial charge on any atom is 0.264 e. The van der Waals surface area contributed by atoms with E-state index in [1.807, 2.05) is 42.2 Å². The first-order valence-corrected chi connectivity index (χ1v) is 10.3. The normalized spacial score (nSPS) is 15.6. The minimum absolute atomic E-state index is 0.00545. The van der Waals surface area contributed by atoms with E-state index in [-0.39, 0.29) is 17.6 Å². The number of benzene rings is 2. The van der Waals surface area contributed by atoms with Crippen LogP contribution in [0.1, 0.15) is 39.9 Å². The summed E-state index contributed by atoms with van der Waals surface area (Å²) >= 11 is 1.38. The van der Waals surface area contributed by atoms with Gasteiger partial charge in [-0.1, -0.05) is 18.2 Å². The number of hydrogen-bond acceptors (Lipinski definition) is 4. The highest BCUT2D eigenvalue weighted by Gasteiger charge is 2.29. The van der Waals surface area contributed by atoms with Crippen molar-refractivity contribution in [3.05, 3.63) is 64.6 Å². The first kappa shape index (κ1) is 17.4. The van der Waals surface area contributed by atoms with Crippen LogP contribution in [0.4, 0.5) is 4.39 Å². The highest BCUT2D eigenvalue weighted by atomic mass is 32.1. The Kier molecular flexibility index (Phi) is 4.16. The number of piperidine rings is 1. The van der Waals surface area contributed by atoms with Crippen LogP contribution in [0.25, 0.3) is 21.2 Å². The number of thiophene rings is 1. The van der Waals surface area contributed by atoms with Gasteiger partial charge in [-0.3, -0.25) is 4.79 Å². The molecule has 5 rings (SSSR count). The fraction of sp³-hybridized carbons (Fsp3) is 0.273. The van der Waals surface area contributed by atoms with Crippen molar-refractivity contribution in [2.24, 2.45) is 0 Å². The molecule has 0 bridgehead atoms. The largest absolute Gasteiger partial charge is 0.440 e. The number of amides is 1. The molecule has 0 unspecified atom stereocenters. The van der Waals surface area contributed by atoms with Crippen LogP contribution in [0.15, 0.2) is 46.9 Å². The van der Waals surface area contributed by atoms with Crippen molar-refractivity contribution in [2.45, 2.75) is 25.7 Å². The predicted molar refractivity (Wildman–Crippen MR) is 108 cm³/mol. The van der Waals surface area contributed by atoms with Gasteiger partial charge in [0.2, 0.25) is 0 Å². The summed E-state index contributed by atoms with van der Waals surface area (Å²) in [6, 6.07) is 12.8. The van der Waals surface area contributed by atoms with E-state index in [0.29, 0.717) is 23.4 Å². The lowest BCUT2D eigenvalue weighted by molar-refractivity contribution is 0.0711. The van der Waals surface area contributed by atoms with Crippen molar-refractivity contribution >= 4 is 38.4 Å². The minimum atomic E-state index is -0.264. The molecule has 0 N–H and O–H groups in total. The Hall–Kier alpha value is -2.73. The first-order chi connectivity index (χ1) is 13.6. The number of para-hydroxylation sites is 2. The molecule has 0 spiro atoms. The second-order valence-corrected chi connectivity index (χ2v) is 8.31. The number of rotatable bonds is 2. The number of oxazole rings is 1. The number of halogens is 1. The van der Waals surface area contributed by atoms with Crippen molar-refractivity contribution in [1.82, 2.24) is 9.88 Å². The van der Waals surface area contributed by atoms with E-state index in [4.69, 9.17) is 4.42 Å². The van der Waals surface area contributed by atoms with Gasteiger partial charge in [0.15, 0.2) is 11.5 Å². The SMILES string of the molecule is Cc1c(C(=O)N2CCC(c3nc4ccccc4o3)CC2)sc2cccc(F)c12. The molecule has 3 heterocycles. The molecule has 28 heavy (non-hydrogen) atoms. The standard InChI is InChI=1S/C22H19FN2O2S/c1-13-19-15(23)5-4-8-18(19)28-20(13)22(26)25-11-9-14(10-12-25)21-24-16-6-2-3-7-17(16)27-21/h2-8,14H,9-12H2,1H3. The second kappa shape index (κ2) is 6.71. The van der Waals surface area contributed by atoms with Crippen LogP contribution in [0.2, 0.25) is 0 Å². The van der Waals surface area contributed by atoms with Crippen LogP contribution in [-0.2, 0) is 0 Å². The summed E-state index contributed by atoms with van der Waals surface area (Å²) in [6.45, 7) is 3.14. The maximum atomic E-state index is 14.2. The molecule has 1 fully saturated rings. The molecule has 0 saturated carbocycles. The van der Waals surface area contributed by atoms with Gasteiger partial charge in [-0.25, -0.2) is 9.37 Å². The van der Waals surface area contributed by atoms with Crippen LogP contribution in [0, 0.1) is 12.7 Å². The lowest BCUT2D eigenvalue weighted by atomic mass is 9.96. The van der Waals surface area contributed by atoms with Gasteiger partial charge >= 0.3 is 0 Å². The molecule has 142 valence electrons. The quantitative estimate of drug-likeness (QED) is 0.450. The zero-order valence-electron chi connectivity index (χ0n) is 15.4. The summed E-state index contributed by atoms with van der Waals surface area (Å²) in [4.78, 5) is 20.2. The van der Waals surface area contributed by atoms with Crippen LogP contribution in [-0.4, -0.2) is 28.9 Å². The fourth-order valence-electron chi connectivity index (χ4n) is 4.00. The molecule has 1 aliphatic rings. The lowest BCUT2D eigenvalue weighted by Gasteiger charge is -2.30.